The van der Waals surface area contributed by atoms with Gasteiger partial charge in [0.1, 0.15) is 23.1 Å². The normalized spacial score (nSPS) is 30.0. The molecule has 1 aliphatic rings. The molecule has 1 fully saturated rings. The first-order valence-corrected chi connectivity index (χ1v) is 8.17. The van der Waals surface area contributed by atoms with Crippen molar-refractivity contribution >= 4 is 17.3 Å². The number of rotatable bonds is 5. The van der Waals surface area contributed by atoms with Crippen LogP contribution in [0.25, 0.3) is 0 Å². The zero-order valence-corrected chi connectivity index (χ0v) is 14.5. The highest BCUT2D eigenvalue weighted by Gasteiger charge is 2.53. The Morgan fingerprint density at radius 3 is 2.25 bits per heavy atom. The lowest BCUT2D eigenvalue weighted by Gasteiger charge is -2.44. The number of carbonyl (C=O) groups is 3. The van der Waals surface area contributed by atoms with Gasteiger partial charge in [0.2, 0.25) is 0 Å². The Balaban J connectivity index is 2.53. The minimum Gasteiger partial charge on any atom is -0.494 e. The van der Waals surface area contributed by atoms with Crippen molar-refractivity contribution in [2.24, 2.45) is 11.8 Å². The Hall–Kier alpha value is -2.01. The molecule has 0 heterocycles. The van der Waals surface area contributed by atoms with E-state index >= 15 is 0 Å². The molecule has 0 saturated heterocycles. The molecule has 0 amide bonds. The number of aliphatic hydroxyl groups is 1. The Labute approximate surface area is 142 Å². The Bertz CT molecular complexity index is 644. The fourth-order valence-electron chi connectivity index (χ4n) is 3.86. The quantitative estimate of drug-likeness (QED) is 0.837. The predicted molar refractivity (Wildman–Crippen MR) is 88.9 cm³/mol. The van der Waals surface area contributed by atoms with Crippen LogP contribution in [0, 0.1) is 11.8 Å². The fraction of sp³-hybridized carbons (Fsp3) is 0.526. The molecule has 0 aromatic heterocycles. The minimum atomic E-state index is -1.46. The van der Waals surface area contributed by atoms with E-state index in [1.807, 2.05) is 6.92 Å². The van der Waals surface area contributed by atoms with Crippen LogP contribution in [-0.2, 0) is 14.4 Å². The average molecular weight is 332 g/mol. The van der Waals surface area contributed by atoms with Gasteiger partial charge in [-0.25, -0.2) is 0 Å². The van der Waals surface area contributed by atoms with Crippen molar-refractivity contribution in [3.63, 3.8) is 0 Å². The third-order valence-electron chi connectivity index (χ3n) is 4.72. The van der Waals surface area contributed by atoms with E-state index in [2.05, 4.69) is 0 Å². The predicted octanol–water partition coefficient (Wildman–Crippen LogP) is 2.30. The summed E-state index contributed by atoms with van der Waals surface area (Å²) >= 11 is 0. The van der Waals surface area contributed by atoms with Crippen LogP contribution in [0.1, 0.15) is 45.6 Å². The molecule has 0 spiro atoms. The summed E-state index contributed by atoms with van der Waals surface area (Å²) in [5.74, 6) is -2.51. The van der Waals surface area contributed by atoms with Crippen LogP contribution >= 0.6 is 0 Å². The van der Waals surface area contributed by atoms with Gasteiger partial charge in [-0.2, -0.15) is 0 Å². The Morgan fingerprint density at radius 1 is 1.21 bits per heavy atom. The molecule has 2 rings (SSSR count). The van der Waals surface area contributed by atoms with Gasteiger partial charge in [0.25, 0.3) is 0 Å². The topological polar surface area (TPSA) is 80.7 Å². The van der Waals surface area contributed by atoms with Gasteiger partial charge >= 0.3 is 0 Å². The summed E-state index contributed by atoms with van der Waals surface area (Å²) in [7, 11) is 0. The van der Waals surface area contributed by atoms with Crippen molar-refractivity contribution in [3.8, 4) is 5.75 Å². The van der Waals surface area contributed by atoms with Crippen molar-refractivity contribution in [2.75, 3.05) is 6.61 Å². The number of benzene rings is 1. The first kappa shape index (κ1) is 18.3. The first-order chi connectivity index (χ1) is 11.2. The SMILES string of the molecule is CCOc1ccc([C@@H]2[C@H](C(C)=O)C(=O)C[C@](C)(O)[C@@H]2C(C)=O)cc1. The summed E-state index contributed by atoms with van der Waals surface area (Å²) in [6.07, 6.45) is -0.185. The standard InChI is InChI=1S/C19H24O5/c1-5-24-14-8-6-13(7-9-14)17-16(11(2)20)15(22)10-19(4,23)18(17)12(3)21/h6-9,16-18,23H,5,10H2,1-4H3/t16-,17-,18-,19+/m1/s1. The van der Waals surface area contributed by atoms with Gasteiger partial charge in [0, 0.05) is 12.3 Å². The van der Waals surface area contributed by atoms with Crippen molar-refractivity contribution in [1.29, 1.82) is 0 Å². The lowest BCUT2D eigenvalue weighted by atomic mass is 9.60. The van der Waals surface area contributed by atoms with E-state index in [0.717, 1.165) is 0 Å². The molecule has 24 heavy (non-hydrogen) atoms. The molecule has 1 aromatic rings. The number of hydrogen-bond acceptors (Lipinski definition) is 5. The molecular formula is C19H24O5. The van der Waals surface area contributed by atoms with Gasteiger partial charge in [-0.15, -0.1) is 0 Å². The lowest BCUT2D eigenvalue weighted by Crippen LogP contribution is -2.53. The second-order valence-electron chi connectivity index (χ2n) is 6.70. The van der Waals surface area contributed by atoms with Crippen LogP contribution in [0.2, 0.25) is 0 Å². The minimum absolute atomic E-state index is 0.185. The maximum atomic E-state index is 12.5. The van der Waals surface area contributed by atoms with Crippen LogP contribution in [0.15, 0.2) is 24.3 Å². The van der Waals surface area contributed by atoms with E-state index in [4.69, 9.17) is 4.74 Å². The van der Waals surface area contributed by atoms with Crippen molar-refractivity contribution in [2.45, 2.75) is 45.6 Å². The van der Waals surface area contributed by atoms with Crippen LogP contribution in [0.3, 0.4) is 0 Å². The van der Waals surface area contributed by atoms with Crippen molar-refractivity contribution in [1.82, 2.24) is 0 Å². The van der Waals surface area contributed by atoms with Gasteiger partial charge in [0.05, 0.1) is 24.0 Å². The molecule has 1 N–H and O–H groups in total. The number of Topliss-reactive ketones (excluding diaryl/α,β-unsaturated/α-hetero) is 3. The fourth-order valence-corrected chi connectivity index (χ4v) is 3.86. The maximum absolute atomic E-state index is 12.5. The van der Waals surface area contributed by atoms with Gasteiger partial charge in [0.15, 0.2) is 0 Å². The average Bonchev–Trinajstić information content (AvgIpc) is 2.45. The zero-order chi connectivity index (χ0) is 18.1. The smallest absolute Gasteiger partial charge is 0.146 e. The highest BCUT2D eigenvalue weighted by Crippen LogP contribution is 2.46. The maximum Gasteiger partial charge on any atom is 0.146 e. The van der Waals surface area contributed by atoms with Gasteiger partial charge < -0.3 is 9.84 Å². The second kappa shape index (κ2) is 6.85. The molecule has 130 valence electrons. The molecule has 1 saturated carbocycles. The summed E-state index contributed by atoms with van der Waals surface area (Å²) in [6, 6.07) is 7.02. The summed E-state index contributed by atoms with van der Waals surface area (Å²) in [5, 5.41) is 10.7. The van der Waals surface area contributed by atoms with Crippen molar-refractivity contribution < 1.29 is 24.2 Å². The molecule has 1 aliphatic carbocycles. The van der Waals surface area contributed by atoms with E-state index in [0.29, 0.717) is 17.9 Å². The van der Waals surface area contributed by atoms with E-state index in [1.54, 1.807) is 24.3 Å². The molecule has 0 radical (unpaired) electrons. The highest BCUT2D eigenvalue weighted by atomic mass is 16.5. The van der Waals surface area contributed by atoms with Gasteiger partial charge in [-0.3, -0.25) is 14.4 Å². The molecular weight excluding hydrogens is 308 g/mol. The molecule has 5 heteroatoms. The number of carbonyl (C=O) groups excluding carboxylic acids is 3. The highest BCUT2D eigenvalue weighted by molar-refractivity contribution is 6.05. The molecule has 0 aliphatic heterocycles. The van der Waals surface area contributed by atoms with Crippen LogP contribution in [0.4, 0.5) is 0 Å². The molecule has 1 aromatic carbocycles. The Morgan fingerprint density at radius 2 is 1.79 bits per heavy atom. The summed E-state index contributed by atoms with van der Waals surface area (Å²) in [6.45, 7) is 6.66. The largest absolute Gasteiger partial charge is 0.494 e. The van der Waals surface area contributed by atoms with Crippen LogP contribution in [0.5, 0.6) is 5.75 Å². The molecule has 5 nitrogen and oxygen atoms in total. The molecule has 0 bridgehead atoms. The van der Waals surface area contributed by atoms with E-state index in [-0.39, 0.29) is 23.8 Å². The molecule has 0 unspecified atom stereocenters. The Kier molecular flexibility index (Phi) is 5.23. The van der Waals surface area contributed by atoms with Gasteiger partial charge in [-0.05, 0) is 45.4 Å². The van der Waals surface area contributed by atoms with Gasteiger partial charge in [-0.1, -0.05) is 12.1 Å². The summed E-state index contributed by atoms with van der Waals surface area (Å²) in [4.78, 5) is 36.8. The lowest BCUT2D eigenvalue weighted by molar-refractivity contribution is -0.151. The first-order valence-electron chi connectivity index (χ1n) is 8.17. The summed E-state index contributed by atoms with van der Waals surface area (Å²) in [5.41, 5.74) is -0.773. The summed E-state index contributed by atoms with van der Waals surface area (Å²) < 4.78 is 5.41. The molecule has 4 atom stereocenters. The van der Waals surface area contributed by atoms with Crippen LogP contribution < -0.4 is 4.74 Å². The van der Waals surface area contributed by atoms with Crippen molar-refractivity contribution in [3.05, 3.63) is 29.8 Å². The number of ketones is 3. The third-order valence-corrected chi connectivity index (χ3v) is 4.72. The number of hydrogen-bond donors (Lipinski definition) is 1. The monoisotopic (exact) mass is 332 g/mol. The van der Waals surface area contributed by atoms with Crippen LogP contribution in [-0.4, -0.2) is 34.7 Å². The van der Waals surface area contributed by atoms with E-state index in [9.17, 15) is 19.5 Å². The van der Waals surface area contributed by atoms with E-state index < -0.39 is 23.4 Å². The number of ether oxygens (including phenoxy) is 1. The second-order valence-corrected chi connectivity index (χ2v) is 6.70. The van der Waals surface area contributed by atoms with E-state index in [1.165, 1.54) is 20.8 Å². The zero-order valence-electron chi connectivity index (χ0n) is 14.5. The third kappa shape index (κ3) is 3.41.